The average Bonchev–Trinajstić information content (AvgIpc) is 2.80. The van der Waals surface area contributed by atoms with Crippen LogP contribution in [0.5, 0.6) is 0 Å². The highest BCUT2D eigenvalue weighted by molar-refractivity contribution is 6.08. The summed E-state index contributed by atoms with van der Waals surface area (Å²) >= 11 is 0. The molecule has 4 heteroatoms. The van der Waals surface area contributed by atoms with Crippen molar-refractivity contribution in [2.75, 3.05) is 0 Å². The zero-order valence-corrected chi connectivity index (χ0v) is 19.6. The number of hydrogen-bond acceptors (Lipinski definition) is 3. The summed E-state index contributed by atoms with van der Waals surface area (Å²) in [7, 11) is 0. The summed E-state index contributed by atoms with van der Waals surface area (Å²) in [6.45, 7) is 9.08. The van der Waals surface area contributed by atoms with Gasteiger partial charge in [-0.1, -0.05) is 45.9 Å². The second-order valence-electron chi connectivity index (χ2n) is 10.1. The van der Waals surface area contributed by atoms with E-state index in [9.17, 15) is 9.59 Å². The second-order valence-corrected chi connectivity index (χ2v) is 10.1. The number of aromatic carboxylic acids is 1. The van der Waals surface area contributed by atoms with Gasteiger partial charge in [-0.3, -0.25) is 9.78 Å². The molecule has 1 N–H and O–H groups in total. The number of aromatic nitrogens is 1. The maximum absolute atomic E-state index is 13.2. The number of nitrogens with zero attached hydrogens (tertiary/aromatic N) is 1. The smallest absolute Gasteiger partial charge is 0.335 e. The van der Waals surface area contributed by atoms with Gasteiger partial charge >= 0.3 is 5.97 Å². The van der Waals surface area contributed by atoms with Gasteiger partial charge in [0.05, 0.1) is 5.56 Å². The Balaban J connectivity index is 1.79. The van der Waals surface area contributed by atoms with Gasteiger partial charge in [0.15, 0.2) is 5.78 Å². The number of carbonyl (C=O) groups is 2. The second kappa shape index (κ2) is 8.43. The quantitative estimate of drug-likeness (QED) is 0.355. The van der Waals surface area contributed by atoms with Crippen LogP contribution in [0.2, 0.25) is 0 Å². The first kappa shape index (κ1) is 22.7. The molecule has 0 spiro atoms. The molecule has 1 aliphatic carbocycles. The largest absolute Gasteiger partial charge is 0.478 e. The van der Waals surface area contributed by atoms with Crippen molar-refractivity contribution in [2.24, 2.45) is 0 Å². The number of carbonyl (C=O) groups excluding carboxylic acids is 1. The average molecular weight is 440 g/mol. The van der Waals surface area contributed by atoms with Gasteiger partial charge in [0.25, 0.3) is 0 Å². The maximum Gasteiger partial charge on any atom is 0.335 e. The molecule has 0 amide bonds. The molecule has 0 atom stereocenters. The van der Waals surface area contributed by atoms with E-state index in [1.807, 2.05) is 18.2 Å². The van der Waals surface area contributed by atoms with Gasteiger partial charge in [0, 0.05) is 18.0 Å². The molecule has 4 nitrogen and oxygen atoms in total. The lowest BCUT2D eigenvalue weighted by Crippen LogP contribution is -2.34. The van der Waals surface area contributed by atoms with E-state index in [1.54, 1.807) is 36.7 Å². The molecule has 1 aliphatic rings. The Morgan fingerprint density at radius 3 is 2.15 bits per heavy atom. The predicted molar refractivity (Wildman–Crippen MR) is 132 cm³/mol. The molecule has 4 rings (SSSR count). The number of pyridine rings is 1. The van der Waals surface area contributed by atoms with Crippen LogP contribution in [0.4, 0.5) is 0 Å². The molecule has 2 aromatic carbocycles. The van der Waals surface area contributed by atoms with Crippen LogP contribution in [0.25, 0.3) is 17.2 Å². The van der Waals surface area contributed by atoms with Crippen LogP contribution in [0.3, 0.4) is 0 Å². The molecule has 0 aliphatic heterocycles. The third-order valence-electron chi connectivity index (χ3n) is 6.78. The monoisotopic (exact) mass is 439 g/mol. The first-order valence-corrected chi connectivity index (χ1v) is 11.2. The number of ketones is 1. The molecule has 3 aromatic rings. The summed E-state index contributed by atoms with van der Waals surface area (Å²) in [5.41, 5.74) is 6.34. The topological polar surface area (TPSA) is 67.3 Å². The minimum absolute atomic E-state index is 0.00671. The summed E-state index contributed by atoms with van der Waals surface area (Å²) in [4.78, 5) is 28.5. The normalized spacial score (nSPS) is 16.4. The zero-order valence-electron chi connectivity index (χ0n) is 19.6. The fourth-order valence-electron chi connectivity index (χ4n) is 4.70. The highest BCUT2D eigenvalue weighted by Crippen LogP contribution is 2.49. The van der Waals surface area contributed by atoms with Gasteiger partial charge in [-0.2, -0.15) is 0 Å². The molecule has 33 heavy (non-hydrogen) atoms. The van der Waals surface area contributed by atoms with E-state index in [-0.39, 0.29) is 22.2 Å². The first-order valence-electron chi connectivity index (χ1n) is 11.2. The van der Waals surface area contributed by atoms with E-state index in [0.717, 1.165) is 29.5 Å². The van der Waals surface area contributed by atoms with Gasteiger partial charge < -0.3 is 5.11 Å². The van der Waals surface area contributed by atoms with Crippen molar-refractivity contribution in [3.63, 3.8) is 0 Å². The maximum atomic E-state index is 13.2. The third kappa shape index (κ3) is 4.51. The molecule has 0 fully saturated rings. The Kier molecular flexibility index (Phi) is 5.79. The van der Waals surface area contributed by atoms with E-state index in [4.69, 9.17) is 5.11 Å². The minimum atomic E-state index is -0.968. The molecule has 0 saturated heterocycles. The number of rotatable bonds is 5. The van der Waals surface area contributed by atoms with E-state index in [1.165, 1.54) is 23.3 Å². The van der Waals surface area contributed by atoms with Crippen molar-refractivity contribution in [3.8, 4) is 11.1 Å². The van der Waals surface area contributed by atoms with Crippen molar-refractivity contribution in [3.05, 3.63) is 94.8 Å². The summed E-state index contributed by atoms with van der Waals surface area (Å²) < 4.78 is 0. The number of benzene rings is 2. The van der Waals surface area contributed by atoms with Crippen molar-refractivity contribution >= 4 is 17.8 Å². The Labute approximate surface area is 195 Å². The van der Waals surface area contributed by atoms with Gasteiger partial charge in [0.1, 0.15) is 0 Å². The molecule has 1 heterocycles. The molecular formula is C29H29NO3. The minimum Gasteiger partial charge on any atom is -0.478 e. The third-order valence-corrected chi connectivity index (χ3v) is 6.78. The summed E-state index contributed by atoms with van der Waals surface area (Å²) in [5.74, 6) is -1.04. The number of hydrogen-bond donors (Lipinski definition) is 1. The predicted octanol–water partition coefficient (Wildman–Crippen LogP) is 6.69. The number of carboxylic acids is 1. The van der Waals surface area contributed by atoms with Gasteiger partial charge in [0.2, 0.25) is 0 Å². The fraction of sp³-hybridized carbons (Fsp3) is 0.276. The van der Waals surface area contributed by atoms with Crippen LogP contribution >= 0.6 is 0 Å². The molecule has 0 saturated carbocycles. The van der Waals surface area contributed by atoms with Crippen molar-refractivity contribution in [2.45, 2.75) is 51.4 Å². The van der Waals surface area contributed by atoms with Crippen molar-refractivity contribution in [1.82, 2.24) is 4.98 Å². The van der Waals surface area contributed by atoms with Crippen LogP contribution in [0, 0.1) is 0 Å². The van der Waals surface area contributed by atoms with E-state index in [2.05, 4.69) is 38.7 Å². The molecule has 0 bridgehead atoms. The lowest BCUT2D eigenvalue weighted by atomic mass is 9.61. The molecular weight excluding hydrogens is 410 g/mol. The SMILES string of the molecule is CC1(C)CCC(C)(C)c2c(-c3ccncc3)cc(C(=O)C=Cc3ccc(C(=O)O)cc3)cc21. The zero-order chi connectivity index (χ0) is 23.8. The highest BCUT2D eigenvalue weighted by Gasteiger charge is 2.39. The highest BCUT2D eigenvalue weighted by atomic mass is 16.4. The number of fused-ring (bicyclic) bond motifs is 1. The van der Waals surface area contributed by atoms with Crippen LogP contribution in [0.15, 0.2) is 67.0 Å². The summed E-state index contributed by atoms with van der Waals surface area (Å²) in [6, 6.07) is 14.6. The van der Waals surface area contributed by atoms with Gasteiger partial charge in [-0.05, 0) is 94.0 Å². The molecule has 0 radical (unpaired) electrons. The fourth-order valence-corrected chi connectivity index (χ4v) is 4.70. The standard InChI is InChI=1S/C29H29NO3/c1-28(2)13-14-29(3,4)26-23(20-11-15-30-16-12-20)17-22(18-24(26)28)25(31)10-7-19-5-8-21(9-6-19)27(32)33/h5-12,15-18H,13-14H2,1-4H3,(H,32,33). The Hall–Kier alpha value is -3.53. The van der Waals surface area contributed by atoms with Crippen LogP contribution < -0.4 is 0 Å². The molecule has 0 unspecified atom stereocenters. The van der Waals surface area contributed by atoms with Crippen molar-refractivity contribution in [1.29, 1.82) is 0 Å². The first-order chi connectivity index (χ1) is 15.6. The Morgan fingerprint density at radius 1 is 0.879 bits per heavy atom. The van der Waals surface area contributed by atoms with Gasteiger partial charge in [-0.25, -0.2) is 4.79 Å². The van der Waals surface area contributed by atoms with Crippen LogP contribution in [0.1, 0.15) is 77.9 Å². The van der Waals surface area contributed by atoms with Crippen LogP contribution in [-0.4, -0.2) is 21.8 Å². The van der Waals surface area contributed by atoms with Crippen LogP contribution in [-0.2, 0) is 10.8 Å². The van der Waals surface area contributed by atoms with E-state index < -0.39 is 5.97 Å². The van der Waals surface area contributed by atoms with E-state index >= 15 is 0 Å². The number of carboxylic acid groups (broad SMARTS) is 1. The lowest BCUT2D eigenvalue weighted by molar-refractivity contribution is 0.0696. The van der Waals surface area contributed by atoms with E-state index in [0.29, 0.717) is 5.56 Å². The lowest BCUT2D eigenvalue weighted by Gasteiger charge is -2.43. The molecule has 1 aromatic heterocycles. The summed E-state index contributed by atoms with van der Waals surface area (Å²) in [5, 5.41) is 9.06. The Bertz CT molecular complexity index is 1240. The summed E-state index contributed by atoms with van der Waals surface area (Å²) in [6.07, 6.45) is 9.02. The molecule has 168 valence electrons. The Morgan fingerprint density at radius 2 is 1.52 bits per heavy atom. The van der Waals surface area contributed by atoms with Gasteiger partial charge in [-0.15, -0.1) is 0 Å². The number of allylic oxidation sites excluding steroid dienone is 1. The van der Waals surface area contributed by atoms with Crippen molar-refractivity contribution < 1.29 is 14.7 Å².